The van der Waals surface area contributed by atoms with Crippen molar-refractivity contribution in [1.82, 2.24) is 0 Å². The van der Waals surface area contributed by atoms with Crippen molar-refractivity contribution in [3.05, 3.63) is 44.8 Å². The summed E-state index contributed by atoms with van der Waals surface area (Å²) in [6.07, 6.45) is 0. The van der Waals surface area contributed by atoms with Gasteiger partial charge in [-0.05, 0) is 0 Å². The van der Waals surface area contributed by atoms with Gasteiger partial charge in [-0.3, -0.25) is 0 Å². The quantitative estimate of drug-likeness (QED) is 0.701. The van der Waals surface area contributed by atoms with Crippen molar-refractivity contribution in [2.45, 2.75) is 0 Å². The second kappa shape index (κ2) is 4.02. The molecule has 0 amide bonds. The summed E-state index contributed by atoms with van der Waals surface area (Å²) in [6.45, 7) is 0. The van der Waals surface area contributed by atoms with Gasteiger partial charge in [0, 0.05) is 0 Å². The molecule has 3 heteroatoms. The van der Waals surface area contributed by atoms with E-state index in [1.807, 2.05) is 12.1 Å². The molecule has 0 saturated carbocycles. The molecule has 0 unspecified atom stereocenters. The minimum atomic E-state index is 0.465. The Kier molecular flexibility index (Phi) is 2.95. The Morgan fingerprint density at radius 1 is 1.08 bits per heavy atom. The molecule has 0 aliphatic carbocycles. The van der Waals surface area contributed by atoms with Gasteiger partial charge in [0.1, 0.15) is 0 Å². The fourth-order valence-corrected chi connectivity index (χ4v) is 4.13. The summed E-state index contributed by atoms with van der Waals surface area (Å²) in [6, 6.07) is 10.1. The first-order chi connectivity index (χ1) is 6.27. The summed E-state index contributed by atoms with van der Waals surface area (Å²) in [5.41, 5.74) is 1.27. The molecule has 66 valence electrons. The van der Waals surface area contributed by atoms with Crippen LogP contribution in [-0.2, 0) is 0 Å². The van der Waals surface area contributed by atoms with Crippen LogP contribution in [0.25, 0.3) is 10.0 Å². The summed E-state index contributed by atoms with van der Waals surface area (Å²) in [5, 5.41) is 0.791. The van der Waals surface area contributed by atoms with E-state index in [0.29, 0.717) is 14.5 Å². The zero-order chi connectivity index (χ0) is 9.26. The van der Waals surface area contributed by atoms with Crippen molar-refractivity contribution in [2.75, 3.05) is 0 Å². The van der Waals surface area contributed by atoms with Crippen molar-refractivity contribution in [2.24, 2.45) is 0 Å². The molecule has 0 spiro atoms. The number of hydrogen-bond donors (Lipinski definition) is 0. The molecule has 2 aromatic rings. The molecule has 0 aliphatic heterocycles. The normalized spacial score (nSPS) is 10.3. The van der Waals surface area contributed by atoms with E-state index in [1.54, 1.807) is 0 Å². The summed E-state index contributed by atoms with van der Waals surface area (Å²) in [7, 11) is 0. The van der Waals surface area contributed by atoms with Crippen LogP contribution in [0.15, 0.2) is 39.7 Å². The molecule has 0 bridgehead atoms. The summed E-state index contributed by atoms with van der Waals surface area (Å²) in [5.74, 6) is 0. The van der Waals surface area contributed by atoms with Crippen LogP contribution < -0.4 is 0 Å². The number of rotatable bonds is 1. The van der Waals surface area contributed by atoms with Gasteiger partial charge in [-0.25, -0.2) is 0 Å². The topological polar surface area (TPSA) is 0 Å². The minimum absolute atomic E-state index is 0.465. The van der Waals surface area contributed by atoms with Gasteiger partial charge in [0.2, 0.25) is 0 Å². The summed E-state index contributed by atoms with van der Waals surface area (Å²) in [4.78, 5) is 2.21. The number of hydrogen-bond acceptors (Lipinski definition) is 0. The van der Waals surface area contributed by atoms with Gasteiger partial charge in [-0.2, -0.15) is 0 Å². The first-order valence-electron chi connectivity index (χ1n) is 3.76. The molecule has 1 aromatic heterocycles. The number of benzene rings is 1. The van der Waals surface area contributed by atoms with Crippen molar-refractivity contribution < 1.29 is 0 Å². The van der Waals surface area contributed by atoms with Crippen LogP contribution in [0.3, 0.4) is 0 Å². The molecule has 0 atom stereocenters. The third kappa shape index (κ3) is 2.08. The Bertz CT molecular complexity index is 405. The average Bonchev–Trinajstić information content (AvgIpc) is 2.53. The van der Waals surface area contributed by atoms with Gasteiger partial charge in [-0.1, -0.05) is 0 Å². The Hall–Kier alpha value is -0.0105. The Morgan fingerprint density at radius 2 is 1.77 bits per heavy atom. The van der Waals surface area contributed by atoms with Crippen LogP contribution in [0.4, 0.5) is 0 Å². The van der Waals surface area contributed by atoms with Gasteiger partial charge in [0.05, 0.1) is 0 Å². The van der Waals surface area contributed by atoms with E-state index in [4.69, 9.17) is 11.6 Å². The average molecular weight is 320 g/mol. The molecule has 1 heterocycles. The molecule has 0 radical (unpaired) electrons. The molecule has 0 N–H and O–H groups in total. The van der Waals surface area contributed by atoms with E-state index in [9.17, 15) is 0 Å². The Balaban J connectivity index is 2.47. The van der Waals surface area contributed by atoms with Crippen LogP contribution >= 0.6 is 27.5 Å². The first-order valence-corrected chi connectivity index (χ1v) is 6.78. The predicted molar refractivity (Wildman–Crippen MR) is 61.5 cm³/mol. The predicted octanol–water partition coefficient (Wildman–Crippen LogP) is 3.83. The Morgan fingerprint density at radius 3 is 2.31 bits per heavy atom. The van der Waals surface area contributed by atoms with E-state index in [2.05, 4.69) is 39.1 Å². The van der Waals surface area contributed by atoms with Crippen LogP contribution in [0.5, 0.6) is 0 Å². The van der Waals surface area contributed by atoms with E-state index in [-0.39, 0.29) is 0 Å². The van der Waals surface area contributed by atoms with Crippen LogP contribution in [0.2, 0.25) is 5.02 Å². The fraction of sp³-hybridized carbons (Fsp3) is 0. The van der Waals surface area contributed by atoms with Gasteiger partial charge < -0.3 is 0 Å². The molecule has 13 heavy (non-hydrogen) atoms. The molecule has 0 nitrogen and oxygen atoms in total. The second-order valence-electron chi connectivity index (χ2n) is 2.60. The van der Waals surface area contributed by atoms with E-state index < -0.39 is 0 Å². The van der Waals surface area contributed by atoms with E-state index in [0.717, 1.165) is 5.02 Å². The van der Waals surface area contributed by atoms with E-state index in [1.165, 1.54) is 14.5 Å². The molecule has 0 aliphatic rings. The summed E-state index contributed by atoms with van der Waals surface area (Å²) < 4.78 is 2.60. The fourth-order valence-electron chi connectivity index (χ4n) is 1.10. The third-order valence-corrected chi connectivity index (χ3v) is 5.25. The maximum atomic E-state index is 5.82. The molecule has 1 aromatic carbocycles. The van der Waals surface area contributed by atoms with Gasteiger partial charge >= 0.3 is 96.8 Å². The van der Waals surface area contributed by atoms with E-state index >= 15 is 0 Å². The molecule has 0 fully saturated rings. The SMILES string of the molecule is Clc1ccc(-c2[se]ccc2Br)cc1. The number of halogens is 2. The molecule has 0 saturated heterocycles. The standard InChI is InChI=1S/C10H6BrClSe/c11-9-5-6-13-10(9)7-1-3-8(12)4-2-7/h1-6H. The summed E-state index contributed by atoms with van der Waals surface area (Å²) >= 11 is 9.82. The zero-order valence-electron chi connectivity index (χ0n) is 6.63. The van der Waals surface area contributed by atoms with Crippen molar-refractivity contribution in [1.29, 1.82) is 0 Å². The second-order valence-corrected chi connectivity index (χ2v) is 5.82. The van der Waals surface area contributed by atoms with Gasteiger partial charge in [-0.15, -0.1) is 0 Å². The van der Waals surface area contributed by atoms with Crippen molar-refractivity contribution >= 4 is 42.0 Å². The van der Waals surface area contributed by atoms with Crippen LogP contribution in [0.1, 0.15) is 0 Å². The van der Waals surface area contributed by atoms with Crippen molar-refractivity contribution in [3.63, 3.8) is 0 Å². The Labute approximate surface area is 96.4 Å². The van der Waals surface area contributed by atoms with Crippen LogP contribution in [-0.4, -0.2) is 14.5 Å². The van der Waals surface area contributed by atoms with Gasteiger partial charge in [0.15, 0.2) is 0 Å². The third-order valence-electron chi connectivity index (χ3n) is 1.72. The van der Waals surface area contributed by atoms with Crippen LogP contribution in [0, 0.1) is 0 Å². The van der Waals surface area contributed by atoms with Crippen molar-refractivity contribution in [3.8, 4) is 10.0 Å². The molecule has 2 rings (SSSR count). The molecular formula is C10H6BrClSe. The first kappa shape index (κ1) is 9.54. The monoisotopic (exact) mass is 320 g/mol. The zero-order valence-corrected chi connectivity index (χ0v) is 10.7. The van der Waals surface area contributed by atoms with Gasteiger partial charge in [0.25, 0.3) is 0 Å². The maximum absolute atomic E-state index is 5.82. The molecular weight excluding hydrogens is 314 g/mol.